The summed E-state index contributed by atoms with van der Waals surface area (Å²) >= 11 is 0. The van der Waals surface area contributed by atoms with Crippen molar-refractivity contribution in [3.05, 3.63) is 65.5 Å². The predicted molar refractivity (Wildman–Crippen MR) is 97.3 cm³/mol. The number of aliphatic imine (C=N–C) groups is 1. The Morgan fingerprint density at radius 1 is 1.32 bits per heavy atom. The average Bonchev–Trinajstić information content (AvgIpc) is 2.72. The van der Waals surface area contributed by atoms with Gasteiger partial charge in [-0.2, -0.15) is 0 Å². The summed E-state index contributed by atoms with van der Waals surface area (Å²) in [4.78, 5) is 18.8. The molecule has 0 saturated carbocycles. The van der Waals surface area contributed by atoms with E-state index in [0.717, 1.165) is 11.3 Å². The van der Waals surface area contributed by atoms with Crippen LogP contribution >= 0.6 is 0 Å². The van der Waals surface area contributed by atoms with Crippen LogP contribution in [0.15, 0.2) is 53.5 Å². The first-order chi connectivity index (χ1) is 12.0. The number of fused-ring (bicyclic) bond motifs is 1. The molecule has 2 aromatic carbocycles. The summed E-state index contributed by atoms with van der Waals surface area (Å²) in [7, 11) is 1.94. The highest BCUT2D eigenvalue weighted by molar-refractivity contribution is 6.16. The van der Waals surface area contributed by atoms with Gasteiger partial charge in [0.2, 0.25) is 5.91 Å². The summed E-state index contributed by atoms with van der Waals surface area (Å²) in [6.07, 6.45) is -0.478. The van der Waals surface area contributed by atoms with Crippen molar-refractivity contribution >= 4 is 17.3 Å². The number of benzodiazepines with no additional fused rings is 1. The Bertz CT molecular complexity index is 819. The van der Waals surface area contributed by atoms with Crippen LogP contribution in [0.5, 0.6) is 0 Å². The van der Waals surface area contributed by atoms with Crippen molar-refractivity contribution in [1.29, 1.82) is 0 Å². The molecule has 0 spiro atoms. The molecule has 1 aliphatic heterocycles. The Morgan fingerprint density at radius 3 is 2.80 bits per heavy atom. The van der Waals surface area contributed by atoms with Gasteiger partial charge < -0.3 is 16.0 Å². The Hall–Kier alpha value is -2.73. The van der Waals surface area contributed by atoms with Crippen LogP contribution in [0.2, 0.25) is 0 Å². The molecule has 3 N–H and O–H groups in total. The first kappa shape index (κ1) is 17.1. The van der Waals surface area contributed by atoms with Gasteiger partial charge in [-0.25, -0.2) is 4.39 Å². The fourth-order valence-corrected chi connectivity index (χ4v) is 2.87. The van der Waals surface area contributed by atoms with E-state index < -0.39 is 12.2 Å². The third-order valence-corrected chi connectivity index (χ3v) is 4.12. The summed E-state index contributed by atoms with van der Waals surface area (Å²) in [6.45, 7) is 2.12. The number of nitrogens with one attached hydrogen (secondary N) is 1. The lowest BCUT2D eigenvalue weighted by molar-refractivity contribution is -0.122. The number of anilines is 1. The van der Waals surface area contributed by atoms with Gasteiger partial charge in [0, 0.05) is 23.9 Å². The average molecular weight is 340 g/mol. The van der Waals surface area contributed by atoms with Crippen LogP contribution in [0.1, 0.15) is 18.1 Å². The van der Waals surface area contributed by atoms with Crippen LogP contribution in [0, 0.1) is 5.82 Å². The monoisotopic (exact) mass is 340 g/mol. The standard InChI is InChI=1S/C19H21FN4O/c1-12(21)19(25)23-17-11-24(2)16-9-4-3-8-15(16)18(22-17)13-6-5-7-14(20)10-13/h3-10,12,17H,11,21H2,1-2H3,(H,23,25)/t12-,17?/m0/s1. The van der Waals surface area contributed by atoms with E-state index in [1.165, 1.54) is 12.1 Å². The highest BCUT2D eigenvalue weighted by Gasteiger charge is 2.24. The minimum atomic E-state index is -0.622. The summed E-state index contributed by atoms with van der Waals surface area (Å²) in [6, 6.07) is 13.5. The van der Waals surface area contributed by atoms with E-state index in [9.17, 15) is 9.18 Å². The molecule has 2 aromatic rings. The number of benzene rings is 2. The summed E-state index contributed by atoms with van der Waals surface area (Å²) < 4.78 is 13.7. The maximum Gasteiger partial charge on any atom is 0.238 e. The van der Waals surface area contributed by atoms with Crippen molar-refractivity contribution in [2.45, 2.75) is 19.1 Å². The fraction of sp³-hybridized carbons (Fsp3) is 0.263. The molecule has 3 rings (SSSR count). The number of nitrogens with zero attached hydrogens (tertiary/aromatic N) is 2. The van der Waals surface area contributed by atoms with Crippen LogP contribution in [-0.4, -0.2) is 37.4 Å². The number of hydrogen-bond acceptors (Lipinski definition) is 4. The van der Waals surface area contributed by atoms with E-state index in [0.29, 0.717) is 17.8 Å². The van der Waals surface area contributed by atoms with Gasteiger partial charge in [0.05, 0.1) is 18.3 Å². The Balaban J connectivity index is 2.09. The van der Waals surface area contributed by atoms with Gasteiger partial charge in [-0.3, -0.25) is 9.79 Å². The molecule has 1 amide bonds. The molecule has 0 saturated heterocycles. The summed E-state index contributed by atoms with van der Waals surface area (Å²) in [5.41, 5.74) is 8.84. The van der Waals surface area contributed by atoms with Gasteiger partial charge in [0.25, 0.3) is 0 Å². The zero-order chi connectivity index (χ0) is 18.0. The second kappa shape index (κ2) is 7.03. The Kier molecular flexibility index (Phi) is 4.81. The van der Waals surface area contributed by atoms with Gasteiger partial charge >= 0.3 is 0 Å². The molecule has 1 unspecified atom stereocenters. The van der Waals surface area contributed by atoms with Crippen LogP contribution in [0.3, 0.4) is 0 Å². The molecule has 0 bridgehead atoms. The lowest BCUT2D eigenvalue weighted by Gasteiger charge is -2.23. The van der Waals surface area contributed by atoms with Crippen molar-refractivity contribution in [2.24, 2.45) is 10.7 Å². The number of halogens is 1. The highest BCUT2D eigenvalue weighted by atomic mass is 19.1. The zero-order valence-electron chi connectivity index (χ0n) is 14.2. The predicted octanol–water partition coefficient (Wildman–Crippen LogP) is 1.90. The molecule has 0 aliphatic carbocycles. The molecule has 2 atom stereocenters. The molecule has 1 heterocycles. The van der Waals surface area contributed by atoms with E-state index in [1.54, 1.807) is 13.0 Å². The second-order valence-corrected chi connectivity index (χ2v) is 6.20. The number of carbonyl (C=O) groups excluding carboxylic acids is 1. The van der Waals surface area contributed by atoms with Crippen molar-refractivity contribution in [1.82, 2.24) is 5.32 Å². The van der Waals surface area contributed by atoms with E-state index in [1.807, 2.05) is 42.3 Å². The third kappa shape index (κ3) is 3.69. The number of amides is 1. The topological polar surface area (TPSA) is 70.7 Å². The lowest BCUT2D eigenvalue weighted by atomic mass is 10.0. The summed E-state index contributed by atoms with van der Waals surface area (Å²) in [5, 5.41) is 2.85. The number of likely N-dealkylation sites (N-methyl/N-ethyl adjacent to an activating group) is 1. The number of rotatable bonds is 3. The number of para-hydroxylation sites is 1. The van der Waals surface area contributed by atoms with Crippen molar-refractivity contribution in [2.75, 3.05) is 18.5 Å². The van der Waals surface area contributed by atoms with Gasteiger partial charge in [-0.05, 0) is 25.1 Å². The van der Waals surface area contributed by atoms with Gasteiger partial charge in [-0.15, -0.1) is 0 Å². The maximum atomic E-state index is 13.7. The molecule has 0 aromatic heterocycles. The van der Waals surface area contributed by atoms with E-state index in [2.05, 4.69) is 5.32 Å². The molecule has 0 radical (unpaired) electrons. The van der Waals surface area contributed by atoms with Crippen molar-refractivity contribution < 1.29 is 9.18 Å². The summed E-state index contributed by atoms with van der Waals surface area (Å²) in [5.74, 6) is -0.599. The van der Waals surface area contributed by atoms with Gasteiger partial charge in [0.15, 0.2) is 0 Å². The first-order valence-corrected chi connectivity index (χ1v) is 8.16. The lowest BCUT2D eigenvalue weighted by Crippen LogP contribution is -2.47. The minimum absolute atomic E-state index is 0.272. The maximum absolute atomic E-state index is 13.7. The second-order valence-electron chi connectivity index (χ2n) is 6.20. The van der Waals surface area contributed by atoms with E-state index >= 15 is 0 Å². The van der Waals surface area contributed by atoms with Crippen molar-refractivity contribution in [3.8, 4) is 0 Å². The quantitative estimate of drug-likeness (QED) is 0.896. The minimum Gasteiger partial charge on any atom is -0.370 e. The normalized spacial score (nSPS) is 18.0. The van der Waals surface area contributed by atoms with E-state index in [-0.39, 0.29) is 11.7 Å². The fourth-order valence-electron chi connectivity index (χ4n) is 2.87. The Labute approximate surface area is 146 Å². The molecular formula is C19H21FN4O. The third-order valence-electron chi connectivity index (χ3n) is 4.12. The number of nitrogens with two attached hydrogens (primary N) is 1. The van der Waals surface area contributed by atoms with Crippen LogP contribution < -0.4 is 16.0 Å². The van der Waals surface area contributed by atoms with Gasteiger partial charge in [-0.1, -0.05) is 30.3 Å². The van der Waals surface area contributed by atoms with Crippen LogP contribution in [0.4, 0.5) is 10.1 Å². The largest absolute Gasteiger partial charge is 0.370 e. The molecule has 5 nitrogen and oxygen atoms in total. The van der Waals surface area contributed by atoms with Crippen LogP contribution in [-0.2, 0) is 4.79 Å². The molecule has 6 heteroatoms. The molecule has 130 valence electrons. The van der Waals surface area contributed by atoms with Crippen molar-refractivity contribution in [3.63, 3.8) is 0 Å². The molecular weight excluding hydrogens is 319 g/mol. The number of carbonyl (C=O) groups is 1. The van der Waals surface area contributed by atoms with Gasteiger partial charge in [0.1, 0.15) is 12.0 Å². The smallest absolute Gasteiger partial charge is 0.238 e. The Morgan fingerprint density at radius 2 is 2.08 bits per heavy atom. The van der Waals surface area contributed by atoms with Crippen LogP contribution in [0.25, 0.3) is 0 Å². The molecule has 1 aliphatic rings. The zero-order valence-corrected chi connectivity index (χ0v) is 14.2. The molecule has 0 fully saturated rings. The SMILES string of the molecule is C[C@H](N)C(=O)NC1CN(C)c2ccccc2C(c2cccc(F)c2)=N1. The number of hydrogen-bond donors (Lipinski definition) is 2. The molecule has 25 heavy (non-hydrogen) atoms. The first-order valence-electron chi connectivity index (χ1n) is 8.16. The van der Waals surface area contributed by atoms with E-state index in [4.69, 9.17) is 10.7 Å². The highest BCUT2D eigenvalue weighted by Crippen LogP contribution is 2.26.